The second-order valence-corrected chi connectivity index (χ2v) is 6.28. The van der Waals surface area contributed by atoms with Crippen molar-refractivity contribution >= 4 is 22.3 Å². The molecule has 0 radical (unpaired) electrons. The molecule has 0 spiro atoms. The molecule has 0 aliphatic rings. The van der Waals surface area contributed by atoms with E-state index in [-0.39, 0.29) is 10.6 Å². The minimum Gasteiger partial charge on any atom is -0.319 e. The SMILES string of the molecule is C=C(c1ccccc1)c1nc2ccccc2n1Cc1ccc([N+](=O)[O-])cc1. The molecule has 4 aromatic rings. The summed E-state index contributed by atoms with van der Waals surface area (Å²) >= 11 is 0. The van der Waals surface area contributed by atoms with Gasteiger partial charge in [0.2, 0.25) is 0 Å². The molecule has 27 heavy (non-hydrogen) atoms. The molecule has 0 saturated carbocycles. The number of aromatic nitrogens is 2. The monoisotopic (exact) mass is 355 g/mol. The smallest absolute Gasteiger partial charge is 0.269 e. The highest BCUT2D eigenvalue weighted by molar-refractivity contribution is 5.83. The number of nitrogens with zero attached hydrogens (tertiary/aromatic N) is 3. The van der Waals surface area contributed by atoms with Gasteiger partial charge in [0.05, 0.1) is 16.0 Å². The molecule has 0 saturated heterocycles. The Morgan fingerprint density at radius 2 is 1.63 bits per heavy atom. The van der Waals surface area contributed by atoms with Crippen LogP contribution in [-0.4, -0.2) is 14.5 Å². The molecule has 0 fully saturated rings. The van der Waals surface area contributed by atoms with E-state index in [2.05, 4.69) is 11.1 Å². The number of nitro benzene ring substituents is 1. The van der Waals surface area contributed by atoms with E-state index in [0.29, 0.717) is 6.54 Å². The van der Waals surface area contributed by atoms with Gasteiger partial charge in [-0.3, -0.25) is 10.1 Å². The van der Waals surface area contributed by atoms with E-state index in [4.69, 9.17) is 4.98 Å². The Balaban J connectivity index is 1.79. The van der Waals surface area contributed by atoms with Gasteiger partial charge in [0.25, 0.3) is 5.69 Å². The molecular formula is C22H17N3O2. The molecule has 0 unspecified atom stereocenters. The zero-order valence-corrected chi connectivity index (χ0v) is 14.6. The summed E-state index contributed by atoms with van der Waals surface area (Å²) in [4.78, 5) is 15.3. The molecule has 0 bridgehead atoms. The second kappa shape index (κ2) is 6.88. The zero-order valence-electron chi connectivity index (χ0n) is 14.6. The lowest BCUT2D eigenvalue weighted by Crippen LogP contribution is -2.05. The minimum absolute atomic E-state index is 0.0863. The topological polar surface area (TPSA) is 61.0 Å². The van der Waals surface area contributed by atoms with Crippen molar-refractivity contribution < 1.29 is 4.92 Å². The van der Waals surface area contributed by atoms with Gasteiger partial charge in [-0.05, 0) is 23.3 Å². The van der Waals surface area contributed by atoms with Gasteiger partial charge in [0.15, 0.2) is 0 Å². The maximum absolute atomic E-state index is 10.9. The van der Waals surface area contributed by atoms with Crippen LogP contribution in [0.15, 0.2) is 85.4 Å². The van der Waals surface area contributed by atoms with Crippen molar-refractivity contribution in [3.63, 3.8) is 0 Å². The molecule has 0 aliphatic heterocycles. The van der Waals surface area contributed by atoms with Crippen LogP contribution in [0.4, 0.5) is 5.69 Å². The molecule has 3 aromatic carbocycles. The van der Waals surface area contributed by atoms with Crippen molar-refractivity contribution in [3.05, 3.63) is 113 Å². The zero-order chi connectivity index (χ0) is 18.8. The van der Waals surface area contributed by atoms with E-state index in [1.807, 2.05) is 54.6 Å². The highest BCUT2D eigenvalue weighted by Crippen LogP contribution is 2.26. The predicted octanol–water partition coefficient (Wildman–Crippen LogP) is 5.05. The normalized spacial score (nSPS) is 10.8. The lowest BCUT2D eigenvalue weighted by Gasteiger charge is -2.11. The summed E-state index contributed by atoms with van der Waals surface area (Å²) in [5, 5.41) is 10.9. The first-order chi connectivity index (χ1) is 13.1. The molecule has 1 heterocycles. The number of benzene rings is 3. The van der Waals surface area contributed by atoms with Crippen LogP contribution in [0.5, 0.6) is 0 Å². The van der Waals surface area contributed by atoms with Crippen LogP contribution >= 0.6 is 0 Å². The number of imidazole rings is 1. The van der Waals surface area contributed by atoms with E-state index in [1.54, 1.807) is 12.1 Å². The summed E-state index contributed by atoms with van der Waals surface area (Å²) < 4.78 is 2.10. The van der Waals surface area contributed by atoms with Crippen molar-refractivity contribution in [2.24, 2.45) is 0 Å². The Labute approximate surface area is 156 Å². The van der Waals surface area contributed by atoms with E-state index < -0.39 is 0 Å². The van der Waals surface area contributed by atoms with Gasteiger partial charge in [-0.25, -0.2) is 4.98 Å². The number of non-ortho nitro benzene ring substituents is 1. The number of hydrogen-bond donors (Lipinski definition) is 0. The van der Waals surface area contributed by atoms with Gasteiger partial charge in [-0.15, -0.1) is 0 Å². The Kier molecular flexibility index (Phi) is 4.26. The summed E-state index contributed by atoms with van der Waals surface area (Å²) in [6.45, 7) is 4.81. The van der Waals surface area contributed by atoms with Crippen molar-refractivity contribution in [2.75, 3.05) is 0 Å². The third-order valence-electron chi connectivity index (χ3n) is 4.53. The summed E-state index contributed by atoms with van der Waals surface area (Å²) in [6.07, 6.45) is 0. The first kappa shape index (κ1) is 16.7. The average molecular weight is 355 g/mol. The Morgan fingerprint density at radius 1 is 0.963 bits per heavy atom. The van der Waals surface area contributed by atoms with Gasteiger partial charge in [0.1, 0.15) is 5.82 Å². The van der Waals surface area contributed by atoms with Crippen molar-refractivity contribution in [2.45, 2.75) is 6.54 Å². The quantitative estimate of drug-likeness (QED) is 0.371. The minimum atomic E-state index is -0.390. The van der Waals surface area contributed by atoms with Crippen LogP contribution in [0.3, 0.4) is 0 Å². The molecule has 0 aliphatic carbocycles. The maximum Gasteiger partial charge on any atom is 0.269 e. The third kappa shape index (κ3) is 3.22. The Morgan fingerprint density at radius 3 is 2.33 bits per heavy atom. The average Bonchev–Trinajstić information content (AvgIpc) is 3.07. The van der Waals surface area contributed by atoms with Crippen LogP contribution in [0, 0.1) is 10.1 Å². The molecular weight excluding hydrogens is 338 g/mol. The van der Waals surface area contributed by atoms with E-state index in [0.717, 1.165) is 33.6 Å². The molecule has 132 valence electrons. The fraction of sp³-hybridized carbons (Fsp3) is 0.0455. The van der Waals surface area contributed by atoms with Gasteiger partial charge >= 0.3 is 0 Å². The summed E-state index contributed by atoms with van der Waals surface area (Å²) in [6, 6.07) is 24.5. The lowest BCUT2D eigenvalue weighted by atomic mass is 10.1. The van der Waals surface area contributed by atoms with E-state index in [9.17, 15) is 10.1 Å². The first-order valence-corrected chi connectivity index (χ1v) is 8.57. The molecule has 0 atom stereocenters. The molecule has 4 rings (SSSR count). The Bertz CT molecular complexity index is 1130. The standard InChI is InChI=1S/C22H17N3O2/c1-16(18-7-3-2-4-8-18)22-23-20-9-5-6-10-21(20)24(22)15-17-11-13-19(14-12-17)25(26)27/h2-14H,1,15H2. The summed E-state index contributed by atoms with van der Waals surface area (Å²) in [5.41, 5.74) is 4.80. The van der Waals surface area contributed by atoms with Gasteiger partial charge in [-0.1, -0.05) is 61.2 Å². The molecule has 5 nitrogen and oxygen atoms in total. The summed E-state index contributed by atoms with van der Waals surface area (Å²) in [7, 11) is 0. The highest BCUT2D eigenvalue weighted by Gasteiger charge is 2.15. The van der Waals surface area contributed by atoms with Crippen LogP contribution in [0.1, 0.15) is 17.0 Å². The number of hydrogen-bond acceptors (Lipinski definition) is 3. The number of nitro groups is 1. The number of rotatable bonds is 5. The van der Waals surface area contributed by atoms with Crippen molar-refractivity contribution in [1.82, 2.24) is 9.55 Å². The van der Waals surface area contributed by atoms with Gasteiger partial charge in [0, 0.05) is 24.3 Å². The number of para-hydroxylation sites is 2. The predicted molar refractivity (Wildman–Crippen MR) is 107 cm³/mol. The molecule has 5 heteroatoms. The molecule has 0 amide bonds. The fourth-order valence-electron chi connectivity index (χ4n) is 3.14. The molecule has 1 aromatic heterocycles. The summed E-state index contributed by atoms with van der Waals surface area (Å²) in [5.74, 6) is 0.792. The van der Waals surface area contributed by atoms with Gasteiger partial charge in [-0.2, -0.15) is 0 Å². The maximum atomic E-state index is 10.9. The van der Waals surface area contributed by atoms with Crippen LogP contribution in [-0.2, 0) is 6.54 Å². The largest absolute Gasteiger partial charge is 0.319 e. The Hall–Kier alpha value is -3.73. The van der Waals surface area contributed by atoms with Crippen LogP contribution in [0.2, 0.25) is 0 Å². The van der Waals surface area contributed by atoms with Crippen molar-refractivity contribution in [1.29, 1.82) is 0 Å². The number of fused-ring (bicyclic) bond motifs is 1. The second-order valence-electron chi connectivity index (χ2n) is 6.28. The van der Waals surface area contributed by atoms with Crippen LogP contribution < -0.4 is 0 Å². The highest BCUT2D eigenvalue weighted by atomic mass is 16.6. The third-order valence-corrected chi connectivity index (χ3v) is 4.53. The fourth-order valence-corrected chi connectivity index (χ4v) is 3.14. The van der Waals surface area contributed by atoms with E-state index in [1.165, 1.54) is 12.1 Å². The first-order valence-electron chi connectivity index (χ1n) is 8.57. The molecule has 0 N–H and O–H groups in total. The van der Waals surface area contributed by atoms with Crippen molar-refractivity contribution in [3.8, 4) is 0 Å². The lowest BCUT2D eigenvalue weighted by molar-refractivity contribution is -0.384. The van der Waals surface area contributed by atoms with E-state index >= 15 is 0 Å². The van der Waals surface area contributed by atoms with Gasteiger partial charge < -0.3 is 4.57 Å². The van der Waals surface area contributed by atoms with Crippen LogP contribution in [0.25, 0.3) is 16.6 Å².